The molecule has 2 heterocycles. The Morgan fingerprint density at radius 2 is 2.39 bits per heavy atom. The molecular weight excluding hydrogens is 230 g/mol. The van der Waals surface area contributed by atoms with Gasteiger partial charge in [0.2, 0.25) is 0 Å². The van der Waals surface area contributed by atoms with E-state index in [-0.39, 0.29) is 6.42 Å². The predicted octanol–water partition coefficient (Wildman–Crippen LogP) is 1.92. The first-order valence-corrected chi connectivity index (χ1v) is 5.71. The number of aliphatic carboxylic acids is 1. The van der Waals surface area contributed by atoms with Gasteiger partial charge in [-0.05, 0) is 31.0 Å². The molecular formula is C13H13N3O2. The van der Waals surface area contributed by atoms with Crippen molar-refractivity contribution in [3.8, 4) is 6.07 Å². The highest BCUT2D eigenvalue weighted by Crippen LogP contribution is 2.15. The Labute approximate surface area is 104 Å². The van der Waals surface area contributed by atoms with Crippen LogP contribution >= 0.6 is 0 Å². The minimum Gasteiger partial charge on any atom is -0.481 e. The number of carboxylic acids is 1. The van der Waals surface area contributed by atoms with Gasteiger partial charge in [-0.15, -0.1) is 0 Å². The summed E-state index contributed by atoms with van der Waals surface area (Å²) in [5, 5.41) is 17.6. The van der Waals surface area contributed by atoms with Crippen molar-refractivity contribution in [1.82, 2.24) is 9.38 Å². The van der Waals surface area contributed by atoms with Crippen molar-refractivity contribution in [3.63, 3.8) is 0 Å². The van der Waals surface area contributed by atoms with Gasteiger partial charge in [-0.3, -0.25) is 4.79 Å². The third-order valence-corrected chi connectivity index (χ3v) is 2.77. The Kier molecular flexibility index (Phi) is 3.28. The summed E-state index contributed by atoms with van der Waals surface area (Å²) in [5.74, 6) is -0.0741. The highest BCUT2D eigenvalue weighted by molar-refractivity contribution is 5.66. The summed E-state index contributed by atoms with van der Waals surface area (Å²) >= 11 is 0. The van der Waals surface area contributed by atoms with Crippen LogP contribution in [-0.4, -0.2) is 20.5 Å². The molecule has 0 aliphatic rings. The molecule has 2 rings (SSSR count). The number of nitriles is 1. The number of fused-ring (bicyclic) bond motifs is 1. The third-order valence-electron chi connectivity index (χ3n) is 2.77. The lowest BCUT2D eigenvalue weighted by atomic mass is 10.2. The number of hydrogen-bond donors (Lipinski definition) is 1. The number of nitrogens with zero attached hydrogens (tertiary/aromatic N) is 3. The molecule has 0 aliphatic carbocycles. The van der Waals surface area contributed by atoms with Crippen LogP contribution in [0.3, 0.4) is 0 Å². The van der Waals surface area contributed by atoms with E-state index in [0.717, 1.165) is 16.9 Å². The van der Waals surface area contributed by atoms with Crippen LogP contribution in [0.5, 0.6) is 0 Å². The molecule has 0 bridgehead atoms. The van der Waals surface area contributed by atoms with Gasteiger partial charge in [-0.2, -0.15) is 5.26 Å². The number of rotatable bonds is 4. The second-order valence-corrected chi connectivity index (χ2v) is 4.20. The van der Waals surface area contributed by atoms with Crippen molar-refractivity contribution in [2.75, 3.05) is 0 Å². The maximum Gasteiger partial charge on any atom is 0.303 e. The van der Waals surface area contributed by atoms with E-state index in [2.05, 4.69) is 11.1 Å². The number of aryl methyl sites for hydroxylation is 2. The first-order chi connectivity index (χ1) is 8.61. The number of pyridine rings is 1. The maximum atomic E-state index is 10.5. The lowest BCUT2D eigenvalue weighted by Gasteiger charge is -2.00. The summed E-state index contributed by atoms with van der Waals surface area (Å²) in [6.45, 7) is 1.96. The van der Waals surface area contributed by atoms with Crippen LogP contribution in [0.2, 0.25) is 0 Å². The largest absolute Gasteiger partial charge is 0.481 e. The van der Waals surface area contributed by atoms with E-state index >= 15 is 0 Å². The zero-order valence-corrected chi connectivity index (χ0v) is 10.1. The standard InChI is InChI=1S/C13H13N3O2/c1-9-5-6-16-11(7-9)10(8-14)15-12(16)3-2-4-13(17)18/h5-7H,2-4H2,1H3,(H,17,18). The Balaban J connectivity index is 2.34. The van der Waals surface area contributed by atoms with E-state index in [1.165, 1.54) is 0 Å². The molecule has 0 amide bonds. The molecule has 0 unspecified atom stereocenters. The summed E-state index contributed by atoms with van der Waals surface area (Å²) in [6, 6.07) is 5.92. The van der Waals surface area contributed by atoms with E-state index in [9.17, 15) is 4.79 Å². The van der Waals surface area contributed by atoms with Gasteiger partial charge in [0.25, 0.3) is 0 Å². The minimum atomic E-state index is -0.813. The second-order valence-electron chi connectivity index (χ2n) is 4.20. The molecule has 0 fully saturated rings. The number of hydrogen-bond acceptors (Lipinski definition) is 3. The fraction of sp³-hybridized carbons (Fsp3) is 0.308. The summed E-state index contributed by atoms with van der Waals surface area (Å²) in [5.41, 5.74) is 2.24. The van der Waals surface area contributed by atoms with Gasteiger partial charge in [-0.1, -0.05) is 0 Å². The van der Waals surface area contributed by atoms with E-state index in [4.69, 9.17) is 10.4 Å². The van der Waals surface area contributed by atoms with Crippen LogP contribution in [0.15, 0.2) is 18.3 Å². The lowest BCUT2D eigenvalue weighted by Crippen LogP contribution is -1.99. The molecule has 0 saturated carbocycles. The lowest BCUT2D eigenvalue weighted by molar-refractivity contribution is -0.137. The first-order valence-electron chi connectivity index (χ1n) is 5.71. The van der Waals surface area contributed by atoms with Crippen LogP contribution in [0.4, 0.5) is 0 Å². The summed E-state index contributed by atoms with van der Waals surface area (Å²) < 4.78 is 1.85. The van der Waals surface area contributed by atoms with Crippen LogP contribution in [0.1, 0.15) is 29.9 Å². The molecule has 0 saturated heterocycles. The number of aromatic nitrogens is 2. The molecule has 92 valence electrons. The summed E-state index contributed by atoms with van der Waals surface area (Å²) in [6.07, 6.45) is 3.06. The van der Waals surface area contributed by atoms with Crippen LogP contribution in [-0.2, 0) is 11.2 Å². The summed E-state index contributed by atoms with van der Waals surface area (Å²) in [4.78, 5) is 14.7. The molecule has 0 radical (unpaired) electrons. The fourth-order valence-electron chi connectivity index (χ4n) is 1.91. The quantitative estimate of drug-likeness (QED) is 0.889. The van der Waals surface area contributed by atoms with Gasteiger partial charge < -0.3 is 9.51 Å². The average molecular weight is 243 g/mol. The van der Waals surface area contributed by atoms with Gasteiger partial charge in [0, 0.05) is 19.0 Å². The number of carboxylic acid groups (broad SMARTS) is 1. The molecule has 1 N–H and O–H groups in total. The smallest absolute Gasteiger partial charge is 0.303 e. The van der Waals surface area contributed by atoms with Gasteiger partial charge in [0.1, 0.15) is 11.9 Å². The van der Waals surface area contributed by atoms with Crippen molar-refractivity contribution < 1.29 is 9.90 Å². The van der Waals surface area contributed by atoms with Crippen LogP contribution in [0.25, 0.3) is 5.52 Å². The van der Waals surface area contributed by atoms with Crippen molar-refractivity contribution in [1.29, 1.82) is 5.26 Å². The van der Waals surface area contributed by atoms with Gasteiger partial charge in [0.15, 0.2) is 5.69 Å². The molecule has 2 aromatic rings. The Bertz CT molecular complexity index is 637. The monoisotopic (exact) mass is 243 g/mol. The Hall–Kier alpha value is -2.35. The van der Waals surface area contributed by atoms with Crippen molar-refractivity contribution in [2.24, 2.45) is 0 Å². The fourth-order valence-corrected chi connectivity index (χ4v) is 1.91. The van der Waals surface area contributed by atoms with Crippen molar-refractivity contribution in [2.45, 2.75) is 26.2 Å². The molecule has 0 spiro atoms. The molecule has 0 atom stereocenters. The number of imidazole rings is 1. The molecule has 5 nitrogen and oxygen atoms in total. The molecule has 5 heteroatoms. The van der Waals surface area contributed by atoms with Gasteiger partial charge in [-0.25, -0.2) is 4.98 Å². The van der Waals surface area contributed by atoms with E-state index in [0.29, 0.717) is 18.5 Å². The van der Waals surface area contributed by atoms with Gasteiger partial charge in [0.05, 0.1) is 5.52 Å². The van der Waals surface area contributed by atoms with Crippen LogP contribution in [0, 0.1) is 18.3 Å². The SMILES string of the molecule is Cc1ccn2c(CCCC(=O)O)nc(C#N)c2c1. The zero-order chi connectivity index (χ0) is 13.1. The van der Waals surface area contributed by atoms with Crippen molar-refractivity contribution in [3.05, 3.63) is 35.4 Å². The Morgan fingerprint density at radius 3 is 3.06 bits per heavy atom. The molecule has 0 aromatic carbocycles. The topological polar surface area (TPSA) is 78.4 Å². The second kappa shape index (κ2) is 4.88. The highest BCUT2D eigenvalue weighted by Gasteiger charge is 2.10. The Morgan fingerprint density at radius 1 is 1.61 bits per heavy atom. The zero-order valence-electron chi connectivity index (χ0n) is 10.1. The van der Waals surface area contributed by atoms with E-state index in [1.54, 1.807) is 0 Å². The first kappa shape index (κ1) is 12.1. The van der Waals surface area contributed by atoms with Crippen LogP contribution < -0.4 is 0 Å². The van der Waals surface area contributed by atoms with E-state index in [1.807, 2.05) is 29.7 Å². The van der Waals surface area contributed by atoms with Crippen molar-refractivity contribution >= 4 is 11.5 Å². The normalized spacial score (nSPS) is 10.4. The predicted molar refractivity (Wildman–Crippen MR) is 65.2 cm³/mol. The summed E-state index contributed by atoms with van der Waals surface area (Å²) in [7, 11) is 0. The molecule has 0 aliphatic heterocycles. The van der Waals surface area contributed by atoms with E-state index < -0.39 is 5.97 Å². The molecule has 2 aromatic heterocycles. The average Bonchev–Trinajstić information content (AvgIpc) is 2.66. The maximum absolute atomic E-state index is 10.5. The highest BCUT2D eigenvalue weighted by atomic mass is 16.4. The molecule has 18 heavy (non-hydrogen) atoms. The number of carbonyl (C=O) groups is 1. The van der Waals surface area contributed by atoms with Gasteiger partial charge >= 0.3 is 5.97 Å². The third kappa shape index (κ3) is 2.33. The minimum absolute atomic E-state index is 0.114.